The van der Waals surface area contributed by atoms with Gasteiger partial charge in [-0.1, -0.05) is 26.7 Å². The van der Waals surface area contributed by atoms with Gasteiger partial charge >= 0.3 is 6.09 Å². The van der Waals surface area contributed by atoms with Crippen LogP contribution in [0.2, 0.25) is 0 Å². The van der Waals surface area contributed by atoms with Crippen LogP contribution in [0, 0.1) is 5.92 Å². The van der Waals surface area contributed by atoms with Crippen LogP contribution in [0.4, 0.5) is 4.79 Å². The van der Waals surface area contributed by atoms with Gasteiger partial charge in [0.25, 0.3) is 0 Å². The Morgan fingerprint density at radius 1 is 1.26 bits per heavy atom. The molecule has 0 aromatic rings. The number of carbonyl (C=O) groups excluding carboxylic acids is 1. The third kappa shape index (κ3) is 6.70. The van der Waals surface area contributed by atoms with Crippen LogP contribution >= 0.6 is 0 Å². The zero-order valence-corrected chi connectivity index (χ0v) is 16.3. The van der Waals surface area contributed by atoms with Crippen molar-refractivity contribution >= 4 is 6.09 Å². The zero-order valence-electron chi connectivity index (χ0n) is 16.3. The standard InChI is InChI=1S/C19H38N2O2/c1-8-16(9-2)15(4)20-14(3)13-17-11-10-12-21(17)18(22)23-19(5,6)7/h14-17,20H,8-13H2,1-7H3. The minimum atomic E-state index is -0.419. The minimum Gasteiger partial charge on any atom is -0.444 e. The van der Waals surface area contributed by atoms with Gasteiger partial charge in [-0.05, 0) is 59.8 Å². The molecule has 1 aliphatic rings. The lowest BCUT2D eigenvalue weighted by atomic mass is 9.94. The summed E-state index contributed by atoms with van der Waals surface area (Å²) in [7, 11) is 0. The number of rotatable bonds is 7. The first-order chi connectivity index (χ1) is 10.7. The van der Waals surface area contributed by atoms with Crippen LogP contribution in [0.15, 0.2) is 0 Å². The number of nitrogens with one attached hydrogen (secondary N) is 1. The van der Waals surface area contributed by atoms with E-state index in [2.05, 4.69) is 33.0 Å². The first-order valence-corrected chi connectivity index (χ1v) is 9.43. The van der Waals surface area contributed by atoms with E-state index in [4.69, 9.17) is 4.74 Å². The summed E-state index contributed by atoms with van der Waals surface area (Å²) in [5.74, 6) is 0.725. The second-order valence-corrected chi connectivity index (χ2v) is 8.14. The Bertz CT molecular complexity index is 361. The van der Waals surface area contributed by atoms with Gasteiger partial charge in [0.2, 0.25) is 0 Å². The van der Waals surface area contributed by atoms with E-state index in [1.165, 1.54) is 12.8 Å². The van der Waals surface area contributed by atoms with Crippen LogP contribution in [-0.4, -0.2) is 41.3 Å². The molecule has 1 heterocycles. The highest BCUT2D eigenvalue weighted by Gasteiger charge is 2.33. The van der Waals surface area contributed by atoms with Crippen molar-refractivity contribution in [3.8, 4) is 0 Å². The molecule has 136 valence electrons. The average molecular weight is 327 g/mol. The molecule has 3 atom stereocenters. The Balaban J connectivity index is 2.52. The molecular weight excluding hydrogens is 288 g/mol. The van der Waals surface area contributed by atoms with Gasteiger partial charge < -0.3 is 15.0 Å². The van der Waals surface area contributed by atoms with Crippen LogP contribution in [0.5, 0.6) is 0 Å². The first-order valence-electron chi connectivity index (χ1n) is 9.43. The number of amides is 1. The highest BCUT2D eigenvalue weighted by Crippen LogP contribution is 2.24. The quantitative estimate of drug-likeness (QED) is 0.744. The first kappa shape index (κ1) is 20.3. The van der Waals surface area contributed by atoms with E-state index in [-0.39, 0.29) is 6.09 Å². The van der Waals surface area contributed by atoms with Gasteiger partial charge in [-0.15, -0.1) is 0 Å². The van der Waals surface area contributed by atoms with Crippen molar-refractivity contribution in [2.75, 3.05) is 6.54 Å². The summed E-state index contributed by atoms with van der Waals surface area (Å²) in [6, 6.07) is 1.25. The van der Waals surface area contributed by atoms with Crippen molar-refractivity contribution in [2.45, 2.75) is 104 Å². The van der Waals surface area contributed by atoms with Gasteiger partial charge in [0.1, 0.15) is 5.60 Å². The Labute approximate surface area is 143 Å². The summed E-state index contributed by atoms with van der Waals surface area (Å²) < 4.78 is 5.55. The van der Waals surface area contributed by atoms with E-state index >= 15 is 0 Å². The van der Waals surface area contributed by atoms with Crippen molar-refractivity contribution in [1.29, 1.82) is 0 Å². The fraction of sp³-hybridized carbons (Fsp3) is 0.947. The average Bonchev–Trinajstić information content (AvgIpc) is 2.86. The van der Waals surface area contributed by atoms with Gasteiger partial charge in [0.15, 0.2) is 0 Å². The van der Waals surface area contributed by atoms with Crippen molar-refractivity contribution in [3.05, 3.63) is 0 Å². The van der Waals surface area contributed by atoms with E-state index in [0.29, 0.717) is 18.1 Å². The third-order valence-electron chi connectivity index (χ3n) is 4.93. The molecule has 3 unspecified atom stereocenters. The lowest BCUT2D eigenvalue weighted by molar-refractivity contribution is 0.0213. The summed E-state index contributed by atoms with van der Waals surface area (Å²) in [5.41, 5.74) is -0.419. The summed E-state index contributed by atoms with van der Waals surface area (Å²) >= 11 is 0. The van der Waals surface area contributed by atoms with Crippen molar-refractivity contribution in [1.82, 2.24) is 10.2 Å². The van der Waals surface area contributed by atoms with Crippen LogP contribution in [0.1, 0.15) is 80.6 Å². The highest BCUT2D eigenvalue weighted by molar-refractivity contribution is 5.68. The molecule has 0 aliphatic carbocycles. The maximum Gasteiger partial charge on any atom is 0.410 e. The van der Waals surface area contributed by atoms with Gasteiger partial charge in [-0.25, -0.2) is 4.79 Å². The monoisotopic (exact) mass is 326 g/mol. The van der Waals surface area contributed by atoms with E-state index in [9.17, 15) is 4.79 Å². The van der Waals surface area contributed by atoms with Crippen LogP contribution in [0.3, 0.4) is 0 Å². The lowest BCUT2D eigenvalue weighted by Gasteiger charge is -2.32. The summed E-state index contributed by atoms with van der Waals surface area (Å²) in [4.78, 5) is 14.3. The van der Waals surface area contributed by atoms with Gasteiger partial charge in [0.05, 0.1) is 0 Å². The molecule has 0 aromatic heterocycles. The normalized spacial score (nSPS) is 21.6. The number of carbonyl (C=O) groups is 1. The molecular formula is C19H38N2O2. The van der Waals surface area contributed by atoms with Gasteiger partial charge in [-0.2, -0.15) is 0 Å². The predicted octanol–water partition coefficient (Wildman–Crippen LogP) is 4.58. The summed E-state index contributed by atoms with van der Waals surface area (Å²) in [6.07, 6.45) is 5.45. The lowest BCUT2D eigenvalue weighted by Crippen LogP contribution is -2.45. The Morgan fingerprint density at radius 2 is 1.87 bits per heavy atom. The van der Waals surface area contributed by atoms with E-state index in [1.807, 2.05) is 25.7 Å². The number of hydrogen-bond donors (Lipinski definition) is 1. The molecule has 4 nitrogen and oxygen atoms in total. The molecule has 1 rings (SSSR count). The van der Waals surface area contributed by atoms with Gasteiger partial charge in [-0.3, -0.25) is 0 Å². The summed E-state index contributed by atoms with van der Waals surface area (Å²) in [6.45, 7) is 15.7. The fourth-order valence-corrected chi connectivity index (χ4v) is 3.70. The third-order valence-corrected chi connectivity index (χ3v) is 4.93. The maximum atomic E-state index is 12.4. The molecule has 23 heavy (non-hydrogen) atoms. The number of hydrogen-bond acceptors (Lipinski definition) is 3. The summed E-state index contributed by atoms with van der Waals surface area (Å²) in [5, 5.41) is 3.74. The SMILES string of the molecule is CCC(CC)C(C)NC(C)CC1CCCN1C(=O)OC(C)(C)C. The fourth-order valence-electron chi connectivity index (χ4n) is 3.70. The van der Waals surface area contributed by atoms with E-state index < -0.39 is 5.60 Å². The molecule has 0 bridgehead atoms. The second kappa shape index (κ2) is 8.91. The van der Waals surface area contributed by atoms with Crippen LogP contribution in [0.25, 0.3) is 0 Å². The molecule has 0 spiro atoms. The van der Waals surface area contributed by atoms with Crippen molar-refractivity contribution < 1.29 is 9.53 Å². The Morgan fingerprint density at radius 3 is 2.39 bits per heavy atom. The molecule has 1 fully saturated rings. The van der Waals surface area contributed by atoms with Crippen molar-refractivity contribution in [2.24, 2.45) is 5.92 Å². The molecule has 0 aromatic carbocycles. The Hall–Kier alpha value is -0.770. The predicted molar refractivity (Wildman–Crippen MR) is 96.7 cm³/mol. The molecule has 1 amide bonds. The zero-order chi connectivity index (χ0) is 17.6. The number of likely N-dealkylation sites (tertiary alicyclic amines) is 1. The molecule has 4 heteroatoms. The second-order valence-electron chi connectivity index (χ2n) is 8.14. The molecule has 1 saturated heterocycles. The largest absolute Gasteiger partial charge is 0.444 e. The maximum absolute atomic E-state index is 12.4. The highest BCUT2D eigenvalue weighted by atomic mass is 16.6. The minimum absolute atomic E-state index is 0.153. The molecule has 1 aliphatic heterocycles. The molecule has 0 radical (unpaired) electrons. The number of ether oxygens (including phenoxy) is 1. The topological polar surface area (TPSA) is 41.6 Å². The van der Waals surface area contributed by atoms with Gasteiger partial charge in [0, 0.05) is 24.7 Å². The molecule has 1 N–H and O–H groups in total. The van der Waals surface area contributed by atoms with Crippen LogP contribution < -0.4 is 5.32 Å². The van der Waals surface area contributed by atoms with Crippen LogP contribution in [-0.2, 0) is 4.74 Å². The Kier molecular flexibility index (Phi) is 7.85. The molecule has 0 saturated carbocycles. The van der Waals surface area contributed by atoms with E-state index in [1.54, 1.807) is 0 Å². The van der Waals surface area contributed by atoms with E-state index in [0.717, 1.165) is 31.7 Å². The van der Waals surface area contributed by atoms with Crippen molar-refractivity contribution in [3.63, 3.8) is 0 Å². The number of nitrogens with zero attached hydrogens (tertiary/aromatic N) is 1. The smallest absolute Gasteiger partial charge is 0.410 e.